The van der Waals surface area contributed by atoms with E-state index >= 15 is 0 Å². The van der Waals surface area contributed by atoms with Crippen LogP contribution in [0.2, 0.25) is 0 Å². The van der Waals surface area contributed by atoms with E-state index in [0.717, 1.165) is 16.7 Å². The van der Waals surface area contributed by atoms with E-state index in [-0.39, 0.29) is 18.1 Å². The van der Waals surface area contributed by atoms with Crippen LogP contribution in [0.5, 0.6) is 0 Å². The van der Waals surface area contributed by atoms with Crippen LogP contribution in [0.15, 0.2) is 91.0 Å². The predicted molar refractivity (Wildman–Crippen MR) is 122 cm³/mol. The second-order valence-electron chi connectivity index (χ2n) is 7.39. The second kappa shape index (κ2) is 10.00. The van der Waals surface area contributed by atoms with E-state index in [2.05, 4.69) is 15.3 Å². The number of hydrogen-bond acceptors (Lipinski definition) is 1. The Labute approximate surface area is 174 Å². The van der Waals surface area contributed by atoms with E-state index in [4.69, 9.17) is 0 Å². The summed E-state index contributed by atoms with van der Waals surface area (Å²) >= 11 is 0. The van der Waals surface area contributed by atoms with E-state index in [1.165, 1.54) is 0 Å². The maximum absolute atomic E-state index is 14.0. The minimum absolute atomic E-state index is 0.0759. The fraction of sp³-hybridized carbons (Fsp3) is 0.250. The third kappa shape index (κ3) is 6.12. The van der Waals surface area contributed by atoms with Crippen LogP contribution in [-0.4, -0.2) is 0 Å². The Morgan fingerprint density at radius 2 is 0.759 bits per heavy atom. The summed E-state index contributed by atoms with van der Waals surface area (Å²) in [4.78, 5) is 0. The highest BCUT2D eigenvalue weighted by molar-refractivity contribution is 7.57. The molecular formula is C24H30N3OP. The van der Waals surface area contributed by atoms with E-state index in [9.17, 15) is 4.57 Å². The van der Waals surface area contributed by atoms with Gasteiger partial charge in [0.1, 0.15) is 0 Å². The fourth-order valence-corrected chi connectivity index (χ4v) is 5.69. The van der Waals surface area contributed by atoms with Crippen LogP contribution in [0.1, 0.15) is 55.6 Å². The Hall–Kier alpha value is -2.23. The smallest absolute Gasteiger partial charge is 0.271 e. The van der Waals surface area contributed by atoms with Crippen LogP contribution < -0.4 is 15.3 Å². The zero-order chi connectivity index (χ0) is 20.7. The molecule has 3 aromatic rings. The number of rotatable bonds is 9. The van der Waals surface area contributed by atoms with Crippen LogP contribution in [0.25, 0.3) is 0 Å². The summed E-state index contributed by atoms with van der Waals surface area (Å²) in [5.74, 6) is 0. The lowest BCUT2D eigenvalue weighted by Crippen LogP contribution is -2.36. The first kappa shape index (κ1) is 21.5. The average Bonchev–Trinajstić information content (AvgIpc) is 2.75. The van der Waals surface area contributed by atoms with Gasteiger partial charge in [0.05, 0.1) is 0 Å². The number of benzene rings is 3. The lowest BCUT2D eigenvalue weighted by Gasteiger charge is -2.31. The molecule has 0 bridgehead atoms. The third-order valence-corrected chi connectivity index (χ3v) is 7.28. The van der Waals surface area contributed by atoms with Crippen LogP contribution in [0.3, 0.4) is 0 Å². The fourth-order valence-electron chi connectivity index (χ4n) is 3.38. The van der Waals surface area contributed by atoms with Crippen molar-refractivity contribution in [3.63, 3.8) is 0 Å². The molecule has 0 spiro atoms. The Morgan fingerprint density at radius 3 is 1.00 bits per heavy atom. The molecule has 3 atom stereocenters. The highest BCUT2D eigenvalue weighted by Gasteiger charge is 2.29. The van der Waals surface area contributed by atoms with Crippen molar-refractivity contribution < 1.29 is 4.57 Å². The normalized spacial score (nSPS) is 14.9. The molecule has 0 aliphatic heterocycles. The Morgan fingerprint density at radius 1 is 0.517 bits per heavy atom. The average molecular weight is 407 g/mol. The van der Waals surface area contributed by atoms with Crippen LogP contribution in [0, 0.1) is 0 Å². The van der Waals surface area contributed by atoms with Crippen molar-refractivity contribution in [2.24, 2.45) is 0 Å². The number of hydrogen-bond donors (Lipinski definition) is 3. The van der Waals surface area contributed by atoms with Gasteiger partial charge in [0.15, 0.2) is 0 Å². The molecule has 0 radical (unpaired) electrons. The monoisotopic (exact) mass is 407 g/mol. The highest BCUT2D eigenvalue weighted by atomic mass is 31.2. The zero-order valence-electron chi connectivity index (χ0n) is 17.2. The second-order valence-corrected chi connectivity index (χ2v) is 9.39. The lowest BCUT2D eigenvalue weighted by molar-refractivity contribution is 0.506. The Bertz CT molecular complexity index is 796. The van der Waals surface area contributed by atoms with Crippen molar-refractivity contribution in [2.45, 2.75) is 38.9 Å². The molecule has 3 N–H and O–H groups in total. The molecule has 29 heavy (non-hydrogen) atoms. The Kier molecular flexibility index (Phi) is 7.40. The standard InChI is InChI=1S/C24H30N3OP/c1-19(22-13-7-4-8-14-22)25-29(28,26-20(2)23-15-9-5-10-16-23)27-21(3)24-17-11-6-12-18-24/h4-21H,1-3H3,(H3,25,26,27,28)/t19-,20-,21-/m1/s1. The van der Waals surface area contributed by atoms with E-state index in [1.54, 1.807) is 0 Å². The third-order valence-electron chi connectivity index (χ3n) is 5.03. The summed E-state index contributed by atoms with van der Waals surface area (Å²) in [6, 6.07) is 30.0. The first-order valence-electron chi connectivity index (χ1n) is 10.0. The summed E-state index contributed by atoms with van der Waals surface area (Å²) in [5.41, 5.74) is 3.28. The quantitative estimate of drug-likeness (QED) is 0.373. The van der Waals surface area contributed by atoms with Gasteiger partial charge in [0.2, 0.25) is 0 Å². The maximum Gasteiger partial charge on any atom is 0.280 e. The molecule has 4 nitrogen and oxygen atoms in total. The SMILES string of the molecule is C[C@@H](NP(=O)(N[C@H](C)c1ccccc1)N[C@H](C)c1ccccc1)c1ccccc1. The molecule has 3 aromatic carbocycles. The topological polar surface area (TPSA) is 53.2 Å². The molecule has 0 saturated heterocycles. The predicted octanol–water partition coefficient (Wildman–Crippen LogP) is 6.15. The Balaban J connectivity index is 1.82. The van der Waals surface area contributed by atoms with Gasteiger partial charge in [0.25, 0.3) is 7.59 Å². The van der Waals surface area contributed by atoms with Crippen LogP contribution in [-0.2, 0) is 4.57 Å². The molecule has 0 heterocycles. The molecule has 5 heteroatoms. The van der Waals surface area contributed by atoms with Gasteiger partial charge < -0.3 is 0 Å². The highest BCUT2D eigenvalue weighted by Crippen LogP contribution is 2.41. The largest absolute Gasteiger partial charge is 0.280 e. The maximum atomic E-state index is 14.0. The van der Waals surface area contributed by atoms with E-state index in [1.807, 2.05) is 112 Å². The van der Waals surface area contributed by atoms with Crippen molar-refractivity contribution in [1.82, 2.24) is 15.3 Å². The van der Waals surface area contributed by atoms with Gasteiger partial charge >= 0.3 is 0 Å². The molecule has 0 aliphatic carbocycles. The summed E-state index contributed by atoms with van der Waals surface area (Å²) in [6.07, 6.45) is 0. The molecule has 0 fully saturated rings. The summed E-state index contributed by atoms with van der Waals surface area (Å²) in [7, 11) is -3.13. The van der Waals surface area contributed by atoms with Crippen LogP contribution in [0.4, 0.5) is 0 Å². The molecule has 0 aromatic heterocycles. The summed E-state index contributed by atoms with van der Waals surface area (Å²) in [6.45, 7) is 6.10. The molecule has 152 valence electrons. The van der Waals surface area contributed by atoms with Crippen LogP contribution >= 0.6 is 7.59 Å². The molecule has 0 unspecified atom stereocenters. The van der Waals surface area contributed by atoms with Gasteiger partial charge in [-0.15, -0.1) is 0 Å². The van der Waals surface area contributed by atoms with Gasteiger partial charge in [-0.3, -0.25) is 4.57 Å². The van der Waals surface area contributed by atoms with Crippen molar-refractivity contribution in [1.29, 1.82) is 0 Å². The molecule has 0 amide bonds. The minimum Gasteiger partial charge on any atom is -0.271 e. The van der Waals surface area contributed by atoms with Gasteiger partial charge in [0, 0.05) is 18.1 Å². The molecule has 3 rings (SSSR count). The number of nitrogens with one attached hydrogen (secondary N) is 3. The summed E-state index contributed by atoms with van der Waals surface area (Å²) in [5, 5.41) is 10.0. The van der Waals surface area contributed by atoms with Gasteiger partial charge in [-0.05, 0) is 37.5 Å². The van der Waals surface area contributed by atoms with Gasteiger partial charge in [-0.2, -0.15) is 0 Å². The molecule has 0 saturated carbocycles. The lowest BCUT2D eigenvalue weighted by atomic mass is 10.1. The first-order valence-corrected chi connectivity index (χ1v) is 11.8. The van der Waals surface area contributed by atoms with Crippen molar-refractivity contribution in [3.05, 3.63) is 108 Å². The minimum atomic E-state index is -3.13. The zero-order valence-corrected chi connectivity index (χ0v) is 18.1. The van der Waals surface area contributed by atoms with Crippen molar-refractivity contribution in [2.75, 3.05) is 0 Å². The van der Waals surface area contributed by atoms with Gasteiger partial charge in [-0.25, -0.2) is 15.3 Å². The summed E-state index contributed by atoms with van der Waals surface area (Å²) < 4.78 is 14.0. The van der Waals surface area contributed by atoms with Gasteiger partial charge in [-0.1, -0.05) is 91.0 Å². The van der Waals surface area contributed by atoms with Crippen molar-refractivity contribution >= 4 is 7.59 Å². The first-order chi connectivity index (χ1) is 14.0. The van der Waals surface area contributed by atoms with Crippen molar-refractivity contribution in [3.8, 4) is 0 Å². The van der Waals surface area contributed by atoms with E-state index in [0.29, 0.717) is 0 Å². The van der Waals surface area contributed by atoms with E-state index < -0.39 is 7.59 Å². The molecular weight excluding hydrogens is 377 g/mol. The molecule has 0 aliphatic rings.